The molecule has 0 radical (unpaired) electrons. The van der Waals surface area contributed by atoms with E-state index in [9.17, 15) is 15.2 Å². The van der Waals surface area contributed by atoms with Gasteiger partial charge in [0, 0.05) is 31.3 Å². The fraction of sp³-hybridized carbons (Fsp3) is 0.368. The average molecular weight is 328 g/mol. The molecule has 0 aliphatic rings. The lowest BCUT2D eigenvalue weighted by Gasteiger charge is -2.27. The standard InChI is InChI=1S/C19H24N2O3/c1-15(2)20(14-16-6-4-3-5-7-16)13-12-19(22)17-8-10-18(11-9-17)21(23)24/h3-11,15,19,22H,12-14H2,1-2H3. The van der Waals surface area contributed by atoms with Crippen LogP contribution >= 0.6 is 0 Å². The first-order valence-electron chi connectivity index (χ1n) is 8.17. The van der Waals surface area contributed by atoms with Gasteiger partial charge in [0.15, 0.2) is 0 Å². The van der Waals surface area contributed by atoms with Crippen LogP contribution in [0.25, 0.3) is 0 Å². The number of benzene rings is 2. The van der Waals surface area contributed by atoms with Crippen LogP contribution in [0.1, 0.15) is 37.5 Å². The van der Waals surface area contributed by atoms with Crippen LogP contribution in [-0.4, -0.2) is 27.5 Å². The second kappa shape index (κ2) is 8.57. The Labute approximate surface area is 142 Å². The molecule has 0 aliphatic carbocycles. The molecule has 5 nitrogen and oxygen atoms in total. The van der Waals surface area contributed by atoms with Gasteiger partial charge in [-0.15, -0.1) is 0 Å². The van der Waals surface area contributed by atoms with E-state index in [0.29, 0.717) is 18.0 Å². The Morgan fingerprint density at radius 3 is 2.25 bits per heavy atom. The van der Waals surface area contributed by atoms with Crippen molar-refractivity contribution in [1.82, 2.24) is 4.90 Å². The minimum Gasteiger partial charge on any atom is -0.388 e. The monoisotopic (exact) mass is 328 g/mol. The Bertz CT molecular complexity index is 641. The van der Waals surface area contributed by atoms with Crippen molar-refractivity contribution in [3.05, 3.63) is 75.8 Å². The third-order valence-corrected chi connectivity index (χ3v) is 4.14. The van der Waals surface area contributed by atoms with Crippen LogP contribution in [0.15, 0.2) is 54.6 Å². The van der Waals surface area contributed by atoms with Gasteiger partial charge in [-0.1, -0.05) is 30.3 Å². The van der Waals surface area contributed by atoms with Crippen molar-refractivity contribution in [2.24, 2.45) is 0 Å². The highest BCUT2D eigenvalue weighted by Crippen LogP contribution is 2.21. The van der Waals surface area contributed by atoms with Crippen molar-refractivity contribution in [3.8, 4) is 0 Å². The molecular formula is C19H24N2O3. The molecule has 0 fully saturated rings. The zero-order valence-corrected chi connectivity index (χ0v) is 14.1. The molecule has 0 aromatic heterocycles. The van der Waals surface area contributed by atoms with Gasteiger partial charge in [0.1, 0.15) is 0 Å². The Hall–Kier alpha value is -2.24. The molecule has 0 bridgehead atoms. The number of aliphatic hydroxyl groups is 1. The van der Waals surface area contributed by atoms with Gasteiger partial charge >= 0.3 is 0 Å². The summed E-state index contributed by atoms with van der Waals surface area (Å²) in [6, 6.07) is 16.7. The number of nitro benzene ring substituents is 1. The smallest absolute Gasteiger partial charge is 0.269 e. The summed E-state index contributed by atoms with van der Waals surface area (Å²) in [7, 11) is 0. The van der Waals surface area contributed by atoms with Crippen molar-refractivity contribution < 1.29 is 10.0 Å². The molecule has 0 heterocycles. The summed E-state index contributed by atoms with van der Waals surface area (Å²) in [5.74, 6) is 0. The third-order valence-electron chi connectivity index (χ3n) is 4.14. The van der Waals surface area contributed by atoms with E-state index >= 15 is 0 Å². The maximum atomic E-state index is 10.7. The topological polar surface area (TPSA) is 66.6 Å². The molecule has 128 valence electrons. The second-order valence-corrected chi connectivity index (χ2v) is 6.20. The van der Waals surface area contributed by atoms with Gasteiger partial charge in [-0.05, 0) is 43.5 Å². The molecule has 0 saturated carbocycles. The first kappa shape index (κ1) is 18.1. The Balaban J connectivity index is 1.94. The van der Waals surface area contributed by atoms with Crippen molar-refractivity contribution in [2.75, 3.05) is 6.54 Å². The highest BCUT2D eigenvalue weighted by Gasteiger charge is 2.15. The van der Waals surface area contributed by atoms with Crippen LogP contribution in [0.3, 0.4) is 0 Å². The largest absolute Gasteiger partial charge is 0.388 e. The quantitative estimate of drug-likeness (QED) is 0.589. The minimum atomic E-state index is -0.622. The van der Waals surface area contributed by atoms with Crippen LogP contribution in [0, 0.1) is 10.1 Å². The van der Waals surface area contributed by atoms with E-state index in [-0.39, 0.29) is 5.69 Å². The molecule has 0 aliphatic heterocycles. The van der Waals surface area contributed by atoms with Crippen LogP contribution in [0.5, 0.6) is 0 Å². The number of aliphatic hydroxyl groups excluding tert-OH is 1. The Morgan fingerprint density at radius 2 is 1.71 bits per heavy atom. The molecule has 2 aromatic rings. The first-order chi connectivity index (χ1) is 11.5. The molecular weight excluding hydrogens is 304 g/mol. The summed E-state index contributed by atoms with van der Waals surface area (Å²) in [4.78, 5) is 12.6. The third kappa shape index (κ3) is 5.15. The molecule has 2 aromatic carbocycles. The molecule has 0 spiro atoms. The van der Waals surface area contributed by atoms with Crippen LogP contribution < -0.4 is 0 Å². The summed E-state index contributed by atoms with van der Waals surface area (Å²) in [5, 5.41) is 21.0. The first-order valence-corrected chi connectivity index (χ1v) is 8.17. The van der Waals surface area contributed by atoms with Gasteiger partial charge in [0.05, 0.1) is 11.0 Å². The van der Waals surface area contributed by atoms with Gasteiger partial charge in [0.25, 0.3) is 5.69 Å². The van der Waals surface area contributed by atoms with Crippen molar-refractivity contribution in [2.45, 2.75) is 39.0 Å². The van der Waals surface area contributed by atoms with Gasteiger partial charge < -0.3 is 5.11 Å². The van der Waals surface area contributed by atoms with E-state index in [1.165, 1.54) is 17.7 Å². The lowest BCUT2D eigenvalue weighted by atomic mass is 10.1. The zero-order chi connectivity index (χ0) is 17.5. The highest BCUT2D eigenvalue weighted by atomic mass is 16.6. The molecule has 1 N–H and O–H groups in total. The maximum Gasteiger partial charge on any atom is 0.269 e. The highest BCUT2D eigenvalue weighted by molar-refractivity contribution is 5.33. The van der Waals surface area contributed by atoms with E-state index in [2.05, 4.69) is 30.9 Å². The predicted octanol–water partition coefficient (Wildman–Crippen LogP) is 3.93. The van der Waals surface area contributed by atoms with E-state index in [1.807, 2.05) is 18.2 Å². The van der Waals surface area contributed by atoms with Gasteiger partial charge in [-0.3, -0.25) is 15.0 Å². The van der Waals surface area contributed by atoms with E-state index in [0.717, 1.165) is 13.1 Å². The van der Waals surface area contributed by atoms with Crippen LogP contribution in [-0.2, 0) is 6.54 Å². The number of nitrogens with zero attached hydrogens (tertiary/aromatic N) is 2. The van der Waals surface area contributed by atoms with Crippen molar-refractivity contribution in [1.29, 1.82) is 0 Å². The fourth-order valence-corrected chi connectivity index (χ4v) is 2.61. The summed E-state index contributed by atoms with van der Waals surface area (Å²) < 4.78 is 0. The zero-order valence-electron chi connectivity index (χ0n) is 14.1. The molecule has 0 amide bonds. The summed E-state index contributed by atoms with van der Waals surface area (Å²) in [5.41, 5.74) is 2.00. The van der Waals surface area contributed by atoms with Gasteiger partial charge in [-0.25, -0.2) is 0 Å². The van der Waals surface area contributed by atoms with Crippen LogP contribution in [0.2, 0.25) is 0 Å². The number of non-ortho nitro benzene ring substituents is 1. The molecule has 1 atom stereocenters. The van der Waals surface area contributed by atoms with Crippen molar-refractivity contribution in [3.63, 3.8) is 0 Å². The van der Waals surface area contributed by atoms with E-state index in [4.69, 9.17) is 0 Å². The van der Waals surface area contributed by atoms with Crippen LogP contribution in [0.4, 0.5) is 5.69 Å². The number of hydrogen-bond acceptors (Lipinski definition) is 4. The molecule has 5 heteroatoms. The lowest BCUT2D eigenvalue weighted by molar-refractivity contribution is -0.384. The number of rotatable bonds is 8. The SMILES string of the molecule is CC(C)N(CCC(O)c1ccc([N+](=O)[O-])cc1)Cc1ccccc1. The lowest BCUT2D eigenvalue weighted by Crippen LogP contribution is -2.32. The molecule has 1 unspecified atom stereocenters. The van der Waals surface area contributed by atoms with Gasteiger partial charge in [-0.2, -0.15) is 0 Å². The number of nitro groups is 1. The second-order valence-electron chi connectivity index (χ2n) is 6.20. The Morgan fingerprint density at radius 1 is 1.08 bits per heavy atom. The van der Waals surface area contributed by atoms with Gasteiger partial charge in [0.2, 0.25) is 0 Å². The van der Waals surface area contributed by atoms with E-state index in [1.54, 1.807) is 12.1 Å². The molecule has 2 rings (SSSR count). The fourth-order valence-electron chi connectivity index (χ4n) is 2.61. The summed E-state index contributed by atoms with van der Waals surface area (Å²) >= 11 is 0. The van der Waals surface area contributed by atoms with Crippen molar-refractivity contribution >= 4 is 5.69 Å². The normalized spacial score (nSPS) is 12.5. The van der Waals surface area contributed by atoms with E-state index < -0.39 is 11.0 Å². The minimum absolute atomic E-state index is 0.0406. The maximum absolute atomic E-state index is 10.7. The predicted molar refractivity (Wildman–Crippen MR) is 94.7 cm³/mol. The average Bonchev–Trinajstić information content (AvgIpc) is 2.59. The summed E-state index contributed by atoms with van der Waals surface area (Å²) in [6.07, 6.45) is -0.0362. The number of hydrogen-bond donors (Lipinski definition) is 1. The summed E-state index contributed by atoms with van der Waals surface area (Å²) in [6.45, 7) is 5.87. The molecule has 24 heavy (non-hydrogen) atoms. The Kier molecular flexibility index (Phi) is 6.46. The molecule has 0 saturated heterocycles.